The van der Waals surface area contributed by atoms with Crippen LogP contribution in [0.3, 0.4) is 0 Å². The highest BCUT2D eigenvalue weighted by Gasteiger charge is 2.32. The molecular weight excluding hydrogens is 457 g/mol. The number of hydrogen-bond donors (Lipinski definition) is 1. The number of carbonyl (C=O) groups excluding carboxylic acids is 1. The van der Waals surface area contributed by atoms with E-state index in [2.05, 4.69) is 10.1 Å². The van der Waals surface area contributed by atoms with Crippen LogP contribution in [0.2, 0.25) is 5.02 Å². The molecule has 0 spiro atoms. The molecule has 0 bridgehead atoms. The summed E-state index contributed by atoms with van der Waals surface area (Å²) in [5.74, 6) is -1.32. The van der Waals surface area contributed by atoms with Gasteiger partial charge in [0.1, 0.15) is 5.75 Å². The monoisotopic (exact) mass is 476 g/mol. The molecule has 0 saturated carbocycles. The largest absolute Gasteiger partial charge is 0.573 e. The van der Waals surface area contributed by atoms with E-state index in [1.54, 1.807) is 24.3 Å². The lowest BCUT2D eigenvalue weighted by Crippen LogP contribution is -2.41. The van der Waals surface area contributed by atoms with E-state index in [0.29, 0.717) is 29.1 Å². The maximum atomic E-state index is 12.7. The van der Waals surface area contributed by atoms with E-state index >= 15 is 0 Å². The van der Waals surface area contributed by atoms with Gasteiger partial charge in [-0.15, -0.1) is 13.2 Å². The number of sulfonamides is 1. The van der Waals surface area contributed by atoms with Gasteiger partial charge in [-0.25, -0.2) is 12.7 Å². The van der Waals surface area contributed by atoms with Gasteiger partial charge in [0.2, 0.25) is 15.9 Å². The predicted molar refractivity (Wildman–Crippen MR) is 110 cm³/mol. The van der Waals surface area contributed by atoms with Gasteiger partial charge in [0.15, 0.2) is 0 Å². The van der Waals surface area contributed by atoms with E-state index in [-0.39, 0.29) is 30.5 Å². The van der Waals surface area contributed by atoms with Gasteiger partial charge in [-0.3, -0.25) is 4.79 Å². The molecule has 0 aliphatic carbocycles. The number of nitrogens with zero attached hydrogens (tertiary/aromatic N) is 1. The fourth-order valence-corrected chi connectivity index (χ4v) is 5.16. The smallest absolute Gasteiger partial charge is 0.406 e. The van der Waals surface area contributed by atoms with Gasteiger partial charge in [-0.2, -0.15) is 0 Å². The van der Waals surface area contributed by atoms with Gasteiger partial charge in [-0.05, 0) is 48.7 Å². The number of alkyl halides is 3. The number of benzene rings is 2. The van der Waals surface area contributed by atoms with Gasteiger partial charge < -0.3 is 10.1 Å². The maximum Gasteiger partial charge on any atom is 0.573 e. The Morgan fingerprint density at radius 3 is 2.29 bits per heavy atom. The Labute approximate surface area is 183 Å². The van der Waals surface area contributed by atoms with Gasteiger partial charge in [0.25, 0.3) is 0 Å². The molecule has 2 aromatic carbocycles. The van der Waals surface area contributed by atoms with Crippen LogP contribution in [0, 0.1) is 5.92 Å². The van der Waals surface area contributed by atoms with E-state index in [0.717, 1.165) is 12.1 Å². The van der Waals surface area contributed by atoms with Gasteiger partial charge in [0, 0.05) is 29.7 Å². The molecule has 2 aromatic rings. The lowest BCUT2D eigenvalue weighted by atomic mass is 9.97. The van der Waals surface area contributed by atoms with Gasteiger partial charge in [0.05, 0.1) is 5.75 Å². The first kappa shape index (κ1) is 23.4. The van der Waals surface area contributed by atoms with Crippen molar-refractivity contribution < 1.29 is 31.1 Å². The average molecular weight is 477 g/mol. The van der Waals surface area contributed by atoms with Crippen LogP contribution in [0.25, 0.3) is 0 Å². The van der Waals surface area contributed by atoms with Crippen molar-refractivity contribution in [3.05, 3.63) is 59.1 Å². The third-order valence-corrected chi connectivity index (χ3v) is 7.07. The van der Waals surface area contributed by atoms with Crippen molar-refractivity contribution in [2.75, 3.05) is 18.4 Å². The Morgan fingerprint density at radius 1 is 1.10 bits per heavy atom. The first-order valence-corrected chi connectivity index (χ1v) is 11.4. The summed E-state index contributed by atoms with van der Waals surface area (Å²) in [5, 5.41) is 3.02. The number of nitrogens with one attached hydrogen (secondary N) is 1. The quantitative estimate of drug-likeness (QED) is 0.669. The van der Waals surface area contributed by atoms with Crippen LogP contribution in [-0.2, 0) is 20.6 Å². The minimum Gasteiger partial charge on any atom is -0.406 e. The van der Waals surface area contributed by atoms with Crippen molar-refractivity contribution in [2.45, 2.75) is 25.0 Å². The zero-order valence-corrected chi connectivity index (χ0v) is 17.8. The van der Waals surface area contributed by atoms with Crippen molar-refractivity contribution in [2.24, 2.45) is 5.92 Å². The van der Waals surface area contributed by atoms with Gasteiger partial charge in [-0.1, -0.05) is 29.8 Å². The normalized spacial score (nSPS) is 16.1. The second kappa shape index (κ2) is 9.46. The summed E-state index contributed by atoms with van der Waals surface area (Å²) in [7, 11) is -3.58. The summed E-state index contributed by atoms with van der Waals surface area (Å²) >= 11 is 6.05. The fourth-order valence-electron chi connectivity index (χ4n) is 3.28. The van der Waals surface area contributed by atoms with Crippen LogP contribution in [0.1, 0.15) is 18.4 Å². The fraction of sp³-hybridized carbons (Fsp3) is 0.350. The zero-order chi connectivity index (χ0) is 22.6. The molecule has 0 unspecified atom stereocenters. The molecule has 11 heteroatoms. The summed E-state index contributed by atoms with van der Waals surface area (Å²) in [5.41, 5.74) is 0.843. The number of piperidine rings is 1. The van der Waals surface area contributed by atoms with Crippen LogP contribution < -0.4 is 10.1 Å². The van der Waals surface area contributed by atoms with Crippen LogP contribution >= 0.6 is 11.6 Å². The van der Waals surface area contributed by atoms with Crippen LogP contribution in [-0.4, -0.2) is 38.1 Å². The molecule has 1 fully saturated rings. The van der Waals surface area contributed by atoms with Crippen LogP contribution in [0.4, 0.5) is 18.9 Å². The summed E-state index contributed by atoms with van der Waals surface area (Å²) < 4.78 is 67.1. The molecule has 3 rings (SSSR count). The molecule has 1 aliphatic heterocycles. The average Bonchev–Trinajstić information content (AvgIpc) is 2.70. The van der Waals surface area contributed by atoms with Crippen molar-refractivity contribution in [1.29, 1.82) is 0 Å². The Kier molecular flexibility index (Phi) is 7.13. The first-order chi connectivity index (χ1) is 14.5. The molecule has 31 heavy (non-hydrogen) atoms. The number of ether oxygens (including phenoxy) is 1. The van der Waals surface area contributed by atoms with E-state index in [1.165, 1.54) is 16.4 Å². The highest BCUT2D eigenvalue weighted by molar-refractivity contribution is 7.88. The first-order valence-electron chi connectivity index (χ1n) is 9.41. The minimum absolute atomic E-state index is 0.198. The Balaban J connectivity index is 1.53. The molecule has 0 atom stereocenters. The molecule has 1 N–H and O–H groups in total. The molecule has 1 saturated heterocycles. The minimum atomic E-state index is -4.79. The topological polar surface area (TPSA) is 75.7 Å². The summed E-state index contributed by atoms with van der Waals surface area (Å²) in [6.07, 6.45) is -4.11. The lowest BCUT2D eigenvalue weighted by molar-refractivity contribution is -0.274. The van der Waals surface area contributed by atoms with E-state index in [4.69, 9.17) is 11.6 Å². The van der Waals surface area contributed by atoms with Gasteiger partial charge >= 0.3 is 6.36 Å². The SMILES string of the molecule is O=C(Nc1ccc(OC(F)(F)F)cc1)C1CCN(S(=O)(=O)Cc2ccccc2Cl)CC1. The second-order valence-electron chi connectivity index (χ2n) is 7.08. The third kappa shape index (κ3) is 6.59. The molecular formula is C20H20ClF3N2O4S. The number of anilines is 1. The van der Waals surface area contributed by atoms with Crippen molar-refractivity contribution >= 4 is 33.2 Å². The number of rotatable bonds is 6. The molecule has 1 heterocycles. The molecule has 0 aromatic heterocycles. The zero-order valence-electron chi connectivity index (χ0n) is 16.2. The predicted octanol–water partition coefficient (Wildman–Crippen LogP) is 4.42. The van der Waals surface area contributed by atoms with Crippen LogP contribution in [0.5, 0.6) is 5.75 Å². The number of carbonyl (C=O) groups is 1. The summed E-state index contributed by atoms with van der Waals surface area (Å²) in [4.78, 5) is 12.5. The van der Waals surface area contributed by atoms with E-state index in [1.807, 2.05) is 0 Å². The highest BCUT2D eigenvalue weighted by atomic mass is 35.5. The molecule has 6 nitrogen and oxygen atoms in total. The van der Waals surface area contributed by atoms with Crippen molar-refractivity contribution in [3.8, 4) is 5.75 Å². The second-order valence-corrected chi connectivity index (χ2v) is 9.46. The highest BCUT2D eigenvalue weighted by Crippen LogP contribution is 2.27. The molecule has 0 radical (unpaired) electrons. The van der Waals surface area contributed by atoms with E-state index in [9.17, 15) is 26.4 Å². The number of halogens is 4. The van der Waals surface area contributed by atoms with Crippen LogP contribution in [0.15, 0.2) is 48.5 Å². The number of hydrogen-bond acceptors (Lipinski definition) is 4. The molecule has 1 aliphatic rings. The molecule has 1 amide bonds. The number of amides is 1. The molecule has 168 valence electrons. The maximum absolute atomic E-state index is 12.7. The Bertz CT molecular complexity index is 1020. The van der Waals surface area contributed by atoms with Crippen molar-refractivity contribution in [1.82, 2.24) is 4.31 Å². The Morgan fingerprint density at radius 2 is 1.71 bits per heavy atom. The lowest BCUT2D eigenvalue weighted by Gasteiger charge is -2.30. The summed E-state index contributed by atoms with van der Waals surface area (Å²) in [6, 6.07) is 11.6. The summed E-state index contributed by atoms with van der Waals surface area (Å²) in [6.45, 7) is 0.395. The third-order valence-electron chi connectivity index (χ3n) is 4.87. The Hall–Kier alpha value is -2.30. The van der Waals surface area contributed by atoms with E-state index < -0.39 is 22.3 Å². The van der Waals surface area contributed by atoms with Crippen molar-refractivity contribution in [3.63, 3.8) is 0 Å². The standard InChI is InChI=1S/C20H20ClF3N2O4S/c21-18-4-2-1-3-15(18)13-31(28,29)26-11-9-14(10-12-26)19(27)25-16-5-7-17(8-6-16)30-20(22,23)24/h1-8,14H,9-13H2,(H,25,27).